The molecule has 0 radical (unpaired) electrons. The Bertz CT molecular complexity index is 2940. The molecular formula is C62H88ClN9O17. The summed E-state index contributed by atoms with van der Waals surface area (Å²) >= 11 is 6.81. The number of allylic oxidation sites excluding steroid dienone is 3. The Balaban J connectivity index is 1.18. The van der Waals surface area contributed by atoms with Crippen molar-refractivity contribution in [3.8, 4) is 5.75 Å². The number of unbranched alkanes of at least 4 members (excludes halogenated alkanes) is 1. The van der Waals surface area contributed by atoms with E-state index in [1.807, 2.05) is 13.0 Å². The number of carbonyl (C=O) groups excluding carboxylic acids is 10. The summed E-state index contributed by atoms with van der Waals surface area (Å²) in [5, 5.41) is 25.2. The molecule has 0 unspecified atom stereocenters. The maximum absolute atomic E-state index is 14.4. The number of amides is 9. The number of halogens is 1. The summed E-state index contributed by atoms with van der Waals surface area (Å²) in [6.07, 6.45) is 1.45. The molecule has 27 heteroatoms. The Hall–Kier alpha value is -7.81. The molecule has 2 aromatic rings. The van der Waals surface area contributed by atoms with Crippen LogP contribution < -0.4 is 42.0 Å². The lowest BCUT2D eigenvalue weighted by Crippen LogP contribution is -2.63. The smallest absolute Gasteiger partial charge is 0.409 e. The topological polar surface area (TPSA) is 345 Å². The lowest BCUT2D eigenvalue weighted by molar-refractivity contribution is -0.157. The minimum Gasteiger partial charge on any atom is -0.495 e. The molecule has 2 saturated heterocycles. The van der Waals surface area contributed by atoms with Gasteiger partial charge in [-0.15, -0.1) is 0 Å². The molecule has 2 fully saturated rings. The highest BCUT2D eigenvalue weighted by Crippen LogP contribution is 2.49. The number of hydrogen-bond donors (Lipinski definition) is 7. The first-order valence-electron chi connectivity index (χ1n) is 29.8. The lowest BCUT2D eigenvalue weighted by Gasteiger charge is -2.42. The summed E-state index contributed by atoms with van der Waals surface area (Å²) in [4.78, 5) is 134. The number of epoxide rings is 1. The summed E-state index contributed by atoms with van der Waals surface area (Å²) in [5.74, 6) is -4.01. The maximum Gasteiger partial charge on any atom is 0.409 e. The maximum atomic E-state index is 14.4. The number of likely N-dealkylation sites (N-methyl/N-ethyl adjacent to an activating group) is 1. The number of methoxy groups -OCH3 is 2. The van der Waals surface area contributed by atoms with E-state index in [1.54, 1.807) is 83.2 Å². The van der Waals surface area contributed by atoms with Gasteiger partial charge in [0.05, 0.1) is 25.3 Å². The van der Waals surface area contributed by atoms with Gasteiger partial charge in [-0.05, 0) is 87.3 Å². The van der Waals surface area contributed by atoms with E-state index in [9.17, 15) is 53.1 Å². The summed E-state index contributed by atoms with van der Waals surface area (Å²) in [6.45, 7) is 9.84. The van der Waals surface area contributed by atoms with E-state index in [0.29, 0.717) is 54.8 Å². The number of benzene rings is 2. The molecule has 8 N–H and O–H groups in total. The number of ether oxygens (including phenoxy) is 6. The molecule has 3 aliphatic heterocycles. The molecule has 3 heterocycles. The molecule has 0 saturated carbocycles. The van der Waals surface area contributed by atoms with Crippen molar-refractivity contribution in [1.82, 2.24) is 31.1 Å². The minimum absolute atomic E-state index is 0.101. The molecule has 490 valence electrons. The van der Waals surface area contributed by atoms with E-state index in [-0.39, 0.29) is 74.4 Å². The highest BCUT2D eigenvalue weighted by molar-refractivity contribution is 6.35. The second-order valence-corrected chi connectivity index (χ2v) is 23.7. The third kappa shape index (κ3) is 20.9. The molecule has 0 aliphatic carbocycles. The Morgan fingerprint density at radius 2 is 1.66 bits per heavy atom. The fraction of sp³-hybridized carbons (Fsp3) is 0.581. The number of rotatable bonds is 26. The van der Waals surface area contributed by atoms with Gasteiger partial charge in [-0.3, -0.25) is 38.9 Å². The van der Waals surface area contributed by atoms with Crippen molar-refractivity contribution in [3.05, 3.63) is 76.3 Å². The second-order valence-electron chi connectivity index (χ2n) is 23.3. The van der Waals surface area contributed by atoms with E-state index in [0.717, 1.165) is 16.0 Å². The van der Waals surface area contributed by atoms with Crippen LogP contribution in [0.15, 0.2) is 60.2 Å². The van der Waals surface area contributed by atoms with Gasteiger partial charge >= 0.3 is 24.2 Å². The van der Waals surface area contributed by atoms with Crippen molar-refractivity contribution in [2.24, 2.45) is 17.6 Å². The molecule has 5 rings (SSSR count). The van der Waals surface area contributed by atoms with Gasteiger partial charge in [0.15, 0.2) is 5.72 Å². The van der Waals surface area contributed by atoms with Crippen LogP contribution in [0.1, 0.15) is 117 Å². The Morgan fingerprint density at radius 1 is 0.966 bits per heavy atom. The summed E-state index contributed by atoms with van der Waals surface area (Å²) < 4.78 is 34.8. The number of esters is 1. The van der Waals surface area contributed by atoms with Gasteiger partial charge in [0.25, 0.3) is 0 Å². The molecule has 9 amide bonds. The zero-order valence-corrected chi connectivity index (χ0v) is 53.5. The van der Waals surface area contributed by atoms with Gasteiger partial charge in [-0.1, -0.05) is 75.2 Å². The van der Waals surface area contributed by atoms with Crippen LogP contribution in [0.3, 0.4) is 0 Å². The normalized spacial score (nSPS) is 23.3. The number of ketones is 1. The number of primary amides is 1. The number of carbonyl (C=O) groups is 10. The van der Waals surface area contributed by atoms with Crippen LogP contribution in [0, 0.1) is 11.8 Å². The van der Waals surface area contributed by atoms with E-state index in [2.05, 4.69) is 26.6 Å². The molecule has 2 aromatic carbocycles. The lowest BCUT2D eigenvalue weighted by atomic mass is 9.83. The third-order valence-corrected chi connectivity index (χ3v) is 16.3. The van der Waals surface area contributed by atoms with Gasteiger partial charge in [0.1, 0.15) is 65.7 Å². The van der Waals surface area contributed by atoms with Gasteiger partial charge in [-0.25, -0.2) is 14.4 Å². The predicted molar refractivity (Wildman–Crippen MR) is 328 cm³/mol. The first-order chi connectivity index (χ1) is 42.0. The molecule has 26 nitrogen and oxygen atoms in total. The minimum atomic E-state index is -1.90. The van der Waals surface area contributed by atoms with Gasteiger partial charge in [-0.2, -0.15) is 0 Å². The Kier molecular flexibility index (Phi) is 26.8. The fourth-order valence-corrected chi connectivity index (χ4v) is 10.7. The van der Waals surface area contributed by atoms with Gasteiger partial charge in [0, 0.05) is 85.1 Å². The third-order valence-electron chi connectivity index (χ3n) is 15.9. The van der Waals surface area contributed by atoms with Crippen LogP contribution >= 0.6 is 11.6 Å². The number of anilines is 2. The number of nitrogens with one attached hydrogen (secondary N) is 5. The standard InChI is InChI=1S/C62H88ClN9O17/c1-12-42(73)18-13-14-21-49(74)68-54(36(2)3)57(79)67-43(19-16-27-65-58(64)80)56(78)66-41-24-22-39(23-25-41)35-86-60(82)70(7)28-26-50(75)71(8)34-52(77)88-48-32-51(76)72(9)44-30-40(31-45(84-10)53(44)63)29-37(4)17-15-20-47(85-11)62(83)33-46(87-59(81)69-62)38(5)55-61(48,6)89-55/h15,17,20,22-25,30-31,36,38,43,46-48,54-55,83H,12-14,16,18-19,21,26-29,32-35H2,1-11H3,(H,66,78)(H,67,79)(H,68,74)(H,69,81)(H3,64,65,80)/b20-15+,37-17+/t38-,43+,46+,47-,48+,54+,55+,61+,62+/m1/s1. The molecular weight excluding hydrogens is 1180 g/mol. The van der Waals surface area contributed by atoms with Gasteiger partial charge < -0.3 is 75.2 Å². The Morgan fingerprint density at radius 3 is 2.31 bits per heavy atom. The first-order valence-corrected chi connectivity index (χ1v) is 30.1. The first kappa shape index (κ1) is 71.9. The molecule has 3 aliphatic rings. The summed E-state index contributed by atoms with van der Waals surface area (Å²) in [6, 6.07) is 7.04. The van der Waals surface area contributed by atoms with Crippen LogP contribution in [0.25, 0.3) is 0 Å². The number of aliphatic hydroxyl groups is 1. The van der Waals surface area contributed by atoms with Crippen molar-refractivity contribution in [3.63, 3.8) is 0 Å². The second kappa shape index (κ2) is 33.1. The molecule has 89 heavy (non-hydrogen) atoms. The molecule has 4 bridgehead atoms. The van der Waals surface area contributed by atoms with Crippen molar-refractivity contribution < 1.29 is 81.5 Å². The fourth-order valence-electron chi connectivity index (χ4n) is 10.4. The average Bonchev–Trinajstić information content (AvgIpc) is 1.59. The van der Waals surface area contributed by atoms with Crippen molar-refractivity contribution in [2.75, 3.05) is 65.2 Å². The Labute approximate surface area is 524 Å². The summed E-state index contributed by atoms with van der Waals surface area (Å²) in [7, 11) is 7.18. The number of alkyl carbamates (subject to hydrolysis) is 1. The van der Waals surface area contributed by atoms with Crippen LogP contribution in [-0.2, 0) is 70.3 Å². The number of nitrogens with zero attached hydrogens (tertiary/aromatic N) is 3. The van der Waals surface area contributed by atoms with Gasteiger partial charge in [0.2, 0.25) is 29.5 Å². The van der Waals surface area contributed by atoms with E-state index in [1.165, 1.54) is 45.2 Å². The monoisotopic (exact) mass is 1270 g/mol. The quantitative estimate of drug-likeness (QED) is 0.0271. The number of urea groups is 1. The zero-order chi connectivity index (χ0) is 65.9. The van der Waals surface area contributed by atoms with Crippen LogP contribution in [0.2, 0.25) is 5.02 Å². The highest BCUT2D eigenvalue weighted by Gasteiger charge is 2.64. The number of nitrogens with two attached hydrogens (primary N) is 1. The average molecular weight is 1270 g/mol. The van der Waals surface area contributed by atoms with E-state index >= 15 is 0 Å². The number of fused-ring (bicyclic) bond motifs is 5. The van der Waals surface area contributed by atoms with Crippen molar-refractivity contribution >= 4 is 82.5 Å². The van der Waals surface area contributed by atoms with Crippen LogP contribution in [-0.4, -0.2) is 177 Å². The van der Waals surface area contributed by atoms with Crippen LogP contribution in [0.5, 0.6) is 5.75 Å². The SMILES string of the molecule is CCC(=O)CCCCC(=O)N[C@H](C(=O)N[C@@H](CCCNC(N)=O)C(=O)Nc1ccc(COC(=O)N(C)CCC(=O)N(C)CC(=O)O[C@H]2CC(=O)N(C)c3cc(cc(OC)c3Cl)C/C(C)=C/C=C/[C@@H](OC)[C@@]3(O)C[C@H](OC(=O)N3)[C@@H](C)[C@@H]3O[C@@]23C)cc1)C(C)C. The predicted octanol–water partition coefficient (Wildman–Crippen LogP) is 5.34. The number of hydrogen-bond acceptors (Lipinski definition) is 17. The zero-order valence-electron chi connectivity index (χ0n) is 52.7. The molecule has 0 spiro atoms. The van der Waals surface area contributed by atoms with Crippen molar-refractivity contribution in [1.29, 1.82) is 0 Å². The summed E-state index contributed by atoms with van der Waals surface area (Å²) in [5.41, 5.74) is 4.80. The van der Waals surface area contributed by atoms with Crippen LogP contribution in [0.4, 0.5) is 25.8 Å². The van der Waals surface area contributed by atoms with Crippen molar-refractivity contribution in [2.45, 2.75) is 167 Å². The largest absolute Gasteiger partial charge is 0.495 e. The van der Waals surface area contributed by atoms with E-state index < -0.39 is 115 Å². The highest BCUT2D eigenvalue weighted by atomic mass is 35.5. The molecule has 9 atom stereocenters. The number of Topliss-reactive ketones (excluding diaryl/α,β-unsaturated/α-hetero) is 1. The molecule has 0 aromatic heterocycles. The van der Waals surface area contributed by atoms with E-state index in [4.69, 9.17) is 45.8 Å².